The van der Waals surface area contributed by atoms with E-state index in [2.05, 4.69) is 9.97 Å². The van der Waals surface area contributed by atoms with Gasteiger partial charge in [-0.1, -0.05) is 60.7 Å². The number of fused-ring (bicyclic) bond motifs is 1. The fourth-order valence-electron chi connectivity index (χ4n) is 3.62. The Kier molecular flexibility index (Phi) is 4.46. The summed E-state index contributed by atoms with van der Waals surface area (Å²) in [5.41, 5.74) is 3.18. The van der Waals surface area contributed by atoms with Crippen molar-refractivity contribution in [1.82, 2.24) is 14.9 Å². The van der Waals surface area contributed by atoms with Crippen molar-refractivity contribution < 1.29 is 14.7 Å². The molecule has 1 aromatic heterocycles. The first-order chi connectivity index (χ1) is 13.1. The van der Waals surface area contributed by atoms with Crippen molar-refractivity contribution in [1.29, 1.82) is 0 Å². The fourth-order valence-corrected chi connectivity index (χ4v) is 3.62. The Balaban J connectivity index is 1.76. The minimum absolute atomic E-state index is 0.205. The molecule has 0 spiro atoms. The molecule has 136 valence electrons. The molecule has 2 aromatic carbocycles. The number of carbonyl (C=O) groups is 2. The van der Waals surface area contributed by atoms with Gasteiger partial charge in [-0.05, 0) is 11.1 Å². The first-order valence-corrected chi connectivity index (χ1v) is 8.79. The fraction of sp³-hybridized carbons (Fsp3) is 0.190. The van der Waals surface area contributed by atoms with Crippen LogP contribution in [0.1, 0.15) is 28.4 Å². The van der Waals surface area contributed by atoms with Crippen LogP contribution in [0.2, 0.25) is 0 Å². The van der Waals surface area contributed by atoms with Crippen LogP contribution in [-0.4, -0.2) is 37.9 Å². The Bertz CT molecular complexity index is 914. The summed E-state index contributed by atoms with van der Waals surface area (Å²) in [5, 5.41) is 9.71. The number of aliphatic carboxylic acids is 1. The third kappa shape index (κ3) is 3.21. The lowest BCUT2D eigenvalue weighted by Crippen LogP contribution is -2.50. The van der Waals surface area contributed by atoms with E-state index in [1.165, 1.54) is 4.90 Å². The molecule has 0 fully saturated rings. The van der Waals surface area contributed by atoms with E-state index >= 15 is 0 Å². The summed E-state index contributed by atoms with van der Waals surface area (Å²) in [6, 6.07) is 18.0. The number of amides is 1. The average molecular weight is 361 g/mol. The molecule has 1 aliphatic rings. The van der Waals surface area contributed by atoms with Gasteiger partial charge in [0.2, 0.25) is 5.91 Å². The Morgan fingerprint density at radius 2 is 1.63 bits per heavy atom. The van der Waals surface area contributed by atoms with E-state index in [0.717, 1.165) is 16.8 Å². The predicted octanol–water partition coefficient (Wildman–Crippen LogP) is 2.58. The zero-order chi connectivity index (χ0) is 18.8. The third-order valence-corrected chi connectivity index (χ3v) is 4.98. The van der Waals surface area contributed by atoms with E-state index < -0.39 is 17.9 Å². The first-order valence-electron chi connectivity index (χ1n) is 8.79. The Hall–Kier alpha value is -3.41. The average Bonchev–Trinajstić information content (AvgIpc) is 3.16. The van der Waals surface area contributed by atoms with Gasteiger partial charge in [-0.3, -0.25) is 4.79 Å². The number of aromatic amines is 1. The molecular formula is C21H19N3O3. The van der Waals surface area contributed by atoms with Gasteiger partial charge in [-0.2, -0.15) is 0 Å². The van der Waals surface area contributed by atoms with E-state index in [1.54, 1.807) is 6.33 Å². The molecule has 2 heterocycles. The molecule has 1 aliphatic heterocycles. The van der Waals surface area contributed by atoms with E-state index in [0.29, 0.717) is 5.69 Å². The van der Waals surface area contributed by atoms with Crippen molar-refractivity contribution in [2.75, 3.05) is 0 Å². The summed E-state index contributed by atoms with van der Waals surface area (Å²) in [4.78, 5) is 34.1. The molecule has 0 aliphatic carbocycles. The topological polar surface area (TPSA) is 86.3 Å². The number of aromatic nitrogens is 2. The summed E-state index contributed by atoms with van der Waals surface area (Å²) in [7, 11) is 0. The second kappa shape index (κ2) is 7.07. The predicted molar refractivity (Wildman–Crippen MR) is 99.0 cm³/mol. The highest BCUT2D eigenvalue weighted by Gasteiger charge is 2.39. The van der Waals surface area contributed by atoms with Crippen LogP contribution in [0, 0.1) is 0 Å². The van der Waals surface area contributed by atoms with Crippen molar-refractivity contribution in [2.45, 2.75) is 24.9 Å². The van der Waals surface area contributed by atoms with Gasteiger partial charge >= 0.3 is 5.97 Å². The molecule has 1 atom stereocenters. The minimum atomic E-state index is -1.02. The molecular weight excluding hydrogens is 342 g/mol. The SMILES string of the molecule is O=C(O)[C@H]1Cc2nc[nH]c2CN1C(=O)C(c1ccccc1)c1ccccc1. The normalized spacial score (nSPS) is 16.2. The van der Waals surface area contributed by atoms with Crippen LogP contribution in [-0.2, 0) is 22.6 Å². The number of nitrogens with one attached hydrogen (secondary N) is 1. The van der Waals surface area contributed by atoms with Crippen molar-refractivity contribution in [3.05, 3.63) is 89.5 Å². The van der Waals surface area contributed by atoms with Gasteiger partial charge in [0.1, 0.15) is 6.04 Å². The maximum absolute atomic E-state index is 13.6. The van der Waals surface area contributed by atoms with Gasteiger partial charge in [-0.25, -0.2) is 9.78 Å². The maximum atomic E-state index is 13.6. The minimum Gasteiger partial charge on any atom is -0.480 e. The molecule has 0 radical (unpaired) electrons. The molecule has 4 rings (SSSR count). The lowest BCUT2D eigenvalue weighted by Gasteiger charge is -2.35. The summed E-state index contributed by atoms with van der Waals surface area (Å²) >= 11 is 0. The highest BCUT2D eigenvalue weighted by molar-refractivity contribution is 5.91. The number of benzene rings is 2. The number of carboxylic acid groups (broad SMARTS) is 1. The van der Waals surface area contributed by atoms with Gasteiger partial charge in [0.15, 0.2) is 0 Å². The largest absolute Gasteiger partial charge is 0.480 e. The van der Waals surface area contributed by atoms with Crippen LogP contribution >= 0.6 is 0 Å². The molecule has 27 heavy (non-hydrogen) atoms. The second-order valence-corrected chi connectivity index (χ2v) is 6.61. The van der Waals surface area contributed by atoms with E-state index in [4.69, 9.17) is 0 Å². The number of nitrogens with zero attached hydrogens (tertiary/aromatic N) is 2. The van der Waals surface area contributed by atoms with Gasteiger partial charge in [0, 0.05) is 6.42 Å². The van der Waals surface area contributed by atoms with E-state index in [-0.39, 0.29) is 18.9 Å². The zero-order valence-electron chi connectivity index (χ0n) is 14.6. The summed E-state index contributed by atoms with van der Waals surface area (Å²) < 4.78 is 0. The lowest BCUT2D eigenvalue weighted by molar-refractivity contribution is -0.151. The zero-order valence-corrected chi connectivity index (χ0v) is 14.6. The van der Waals surface area contributed by atoms with Crippen molar-refractivity contribution >= 4 is 11.9 Å². The Labute approximate surface area is 156 Å². The first kappa shape index (κ1) is 17.0. The molecule has 3 aromatic rings. The van der Waals surface area contributed by atoms with Crippen LogP contribution in [0.3, 0.4) is 0 Å². The molecule has 6 heteroatoms. The number of hydrogen-bond donors (Lipinski definition) is 2. The van der Waals surface area contributed by atoms with E-state index in [1.807, 2.05) is 60.7 Å². The summed E-state index contributed by atoms with van der Waals surface area (Å²) in [6.45, 7) is 0.210. The number of rotatable bonds is 4. The van der Waals surface area contributed by atoms with Gasteiger partial charge in [0.25, 0.3) is 0 Å². The van der Waals surface area contributed by atoms with Crippen LogP contribution in [0.15, 0.2) is 67.0 Å². The Morgan fingerprint density at radius 1 is 1.04 bits per heavy atom. The molecule has 0 unspecified atom stereocenters. The molecule has 0 saturated carbocycles. The van der Waals surface area contributed by atoms with E-state index in [9.17, 15) is 14.7 Å². The van der Waals surface area contributed by atoms with Crippen LogP contribution in [0.25, 0.3) is 0 Å². The van der Waals surface area contributed by atoms with Crippen molar-refractivity contribution in [2.24, 2.45) is 0 Å². The monoisotopic (exact) mass is 361 g/mol. The van der Waals surface area contributed by atoms with Crippen LogP contribution in [0.4, 0.5) is 0 Å². The van der Waals surface area contributed by atoms with Gasteiger partial charge in [-0.15, -0.1) is 0 Å². The van der Waals surface area contributed by atoms with Crippen molar-refractivity contribution in [3.8, 4) is 0 Å². The molecule has 0 saturated heterocycles. The quantitative estimate of drug-likeness (QED) is 0.748. The number of H-pyrrole nitrogens is 1. The number of imidazole rings is 1. The van der Waals surface area contributed by atoms with Crippen LogP contribution < -0.4 is 0 Å². The lowest BCUT2D eigenvalue weighted by atomic mass is 9.88. The standard InChI is InChI=1S/C21H19N3O3/c25-20(24-12-17-16(22-13-23-17)11-18(24)21(26)27)19(14-7-3-1-4-8-14)15-9-5-2-6-10-15/h1-10,13,18-19H,11-12H2,(H,22,23)(H,26,27)/t18-/m1/s1. The van der Waals surface area contributed by atoms with Gasteiger partial charge in [0.05, 0.1) is 30.2 Å². The number of carbonyl (C=O) groups excluding carboxylic acids is 1. The number of carboxylic acids is 1. The number of hydrogen-bond acceptors (Lipinski definition) is 3. The molecule has 1 amide bonds. The van der Waals surface area contributed by atoms with Crippen molar-refractivity contribution in [3.63, 3.8) is 0 Å². The second-order valence-electron chi connectivity index (χ2n) is 6.61. The van der Waals surface area contributed by atoms with Gasteiger partial charge < -0.3 is 15.0 Å². The molecule has 6 nitrogen and oxygen atoms in total. The summed E-state index contributed by atoms with van der Waals surface area (Å²) in [5.74, 6) is -1.80. The molecule has 2 N–H and O–H groups in total. The maximum Gasteiger partial charge on any atom is 0.326 e. The summed E-state index contributed by atoms with van der Waals surface area (Å²) in [6.07, 6.45) is 1.75. The highest BCUT2D eigenvalue weighted by atomic mass is 16.4. The van der Waals surface area contributed by atoms with Crippen LogP contribution in [0.5, 0.6) is 0 Å². The Morgan fingerprint density at radius 3 is 2.19 bits per heavy atom. The smallest absolute Gasteiger partial charge is 0.326 e. The highest BCUT2D eigenvalue weighted by Crippen LogP contribution is 2.31. The third-order valence-electron chi connectivity index (χ3n) is 4.98. The molecule has 0 bridgehead atoms.